The van der Waals surface area contributed by atoms with E-state index in [9.17, 15) is 9.59 Å². The lowest BCUT2D eigenvalue weighted by Crippen LogP contribution is -2.25. The molecule has 0 unspecified atom stereocenters. The molecule has 0 bridgehead atoms. The highest BCUT2D eigenvalue weighted by Gasteiger charge is 2.28. The average molecular weight is 403 g/mol. The fraction of sp³-hybridized carbons (Fsp3) is 0.391. The molecule has 0 atom stereocenters. The number of rotatable bonds is 6. The molecule has 0 spiro atoms. The van der Waals surface area contributed by atoms with Gasteiger partial charge in [0.1, 0.15) is 0 Å². The quantitative estimate of drug-likeness (QED) is 0.650. The van der Waals surface area contributed by atoms with Gasteiger partial charge in [0.05, 0.1) is 17.1 Å². The molecule has 154 valence electrons. The summed E-state index contributed by atoms with van der Waals surface area (Å²) in [7, 11) is 0. The van der Waals surface area contributed by atoms with Crippen LogP contribution in [-0.4, -0.2) is 32.6 Å². The number of fused-ring (bicyclic) bond motifs is 1. The Bertz CT molecular complexity index is 1120. The van der Waals surface area contributed by atoms with Crippen molar-refractivity contribution >= 4 is 28.5 Å². The molecular formula is C23H25N5O2. The van der Waals surface area contributed by atoms with E-state index in [4.69, 9.17) is 4.98 Å². The van der Waals surface area contributed by atoms with E-state index >= 15 is 0 Å². The van der Waals surface area contributed by atoms with E-state index in [1.165, 1.54) is 0 Å². The number of anilines is 1. The van der Waals surface area contributed by atoms with Crippen LogP contribution < -0.4 is 10.6 Å². The maximum absolute atomic E-state index is 13.1. The van der Waals surface area contributed by atoms with Gasteiger partial charge in [-0.2, -0.15) is 5.10 Å². The van der Waals surface area contributed by atoms with Crippen LogP contribution in [0.3, 0.4) is 0 Å². The Morgan fingerprint density at radius 1 is 1.07 bits per heavy atom. The van der Waals surface area contributed by atoms with Gasteiger partial charge in [-0.3, -0.25) is 9.59 Å². The molecule has 2 saturated carbocycles. The topological polar surface area (TPSA) is 88.9 Å². The lowest BCUT2D eigenvalue weighted by atomic mass is 10.1. The van der Waals surface area contributed by atoms with E-state index in [1.807, 2.05) is 10.7 Å². The van der Waals surface area contributed by atoms with Crippen molar-refractivity contribution in [1.82, 2.24) is 20.1 Å². The van der Waals surface area contributed by atoms with Crippen molar-refractivity contribution in [2.75, 3.05) is 5.32 Å². The Morgan fingerprint density at radius 3 is 2.43 bits per heavy atom. The van der Waals surface area contributed by atoms with Crippen LogP contribution in [0.4, 0.5) is 5.69 Å². The van der Waals surface area contributed by atoms with Gasteiger partial charge in [-0.05, 0) is 69.9 Å². The molecule has 5 rings (SSSR count). The lowest BCUT2D eigenvalue weighted by molar-refractivity contribution is 0.0950. The van der Waals surface area contributed by atoms with Crippen LogP contribution in [-0.2, 0) is 0 Å². The van der Waals surface area contributed by atoms with E-state index in [2.05, 4.69) is 29.6 Å². The Balaban J connectivity index is 1.41. The summed E-state index contributed by atoms with van der Waals surface area (Å²) in [6, 6.07) is 9.38. The van der Waals surface area contributed by atoms with Crippen LogP contribution >= 0.6 is 0 Å². The third-order valence-corrected chi connectivity index (χ3v) is 5.63. The average Bonchev–Trinajstić information content (AvgIpc) is 3.66. The minimum Gasteiger partial charge on any atom is -0.349 e. The second-order valence-corrected chi connectivity index (χ2v) is 8.57. The van der Waals surface area contributed by atoms with Gasteiger partial charge in [0.25, 0.3) is 11.8 Å². The van der Waals surface area contributed by atoms with Crippen LogP contribution in [0.1, 0.15) is 77.9 Å². The predicted octanol–water partition coefficient (Wildman–Crippen LogP) is 4.03. The first-order chi connectivity index (χ1) is 14.5. The number of nitrogens with one attached hydrogen (secondary N) is 2. The van der Waals surface area contributed by atoms with E-state index in [0.717, 1.165) is 42.4 Å². The van der Waals surface area contributed by atoms with E-state index in [0.29, 0.717) is 28.8 Å². The molecule has 2 aliphatic carbocycles. The summed E-state index contributed by atoms with van der Waals surface area (Å²) in [5, 5.41) is 11.1. The number of pyridine rings is 1. The lowest BCUT2D eigenvalue weighted by Gasteiger charge is -2.11. The number of hydrogen-bond donors (Lipinski definition) is 2. The molecule has 7 nitrogen and oxygen atoms in total. The summed E-state index contributed by atoms with van der Waals surface area (Å²) >= 11 is 0. The summed E-state index contributed by atoms with van der Waals surface area (Å²) in [5.41, 5.74) is 3.55. The Morgan fingerprint density at radius 2 is 1.80 bits per heavy atom. The van der Waals surface area contributed by atoms with Gasteiger partial charge >= 0.3 is 0 Å². The van der Waals surface area contributed by atoms with Gasteiger partial charge in [0, 0.05) is 34.9 Å². The second-order valence-electron chi connectivity index (χ2n) is 8.57. The van der Waals surface area contributed by atoms with Gasteiger partial charge in [0.15, 0.2) is 5.65 Å². The van der Waals surface area contributed by atoms with Gasteiger partial charge in [-0.15, -0.1) is 0 Å². The molecule has 30 heavy (non-hydrogen) atoms. The molecule has 2 fully saturated rings. The Kier molecular flexibility index (Phi) is 4.53. The molecule has 2 N–H and O–H groups in total. The van der Waals surface area contributed by atoms with Crippen molar-refractivity contribution in [3.05, 3.63) is 53.3 Å². The predicted molar refractivity (Wildman–Crippen MR) is 115 cm³/mol. The molecule has 3 aromatic rings. The summed E-state index contributed by atoms with van der Waals surface area (Å²) in [6.07, 6.45) is 6.05. The number of aromatic nitrogens is 3. The molecule has 2 amide bonds. The van der Waals surface area contributed by atoms with Gasteiger partial charge in [-0.1, -0.05) is 0 Å². The fourth-order valence-corrected chi connectivity index (χ4v) is 3.59. The number of amides is 2. The minimum atomic E-state index is -0.192. The molecule has 2 heterocycles. The van der Waals surface area contributed by atoms with Crippen LogP contribution in [0.15, 0.2) is 36.5 Å². The molecule has 7 heteroatoms. The highest BCUT2D eigenvalue weighted by molar-refractivity contribution is 6.12. The zero-order valence-electron chi connectivity index (χ0n) is 17.2. The number of benzene rings is 1. The molecule has 0 aliphatic heterocycles. The first-order valence-electron chi connectivity index (χ1n) is 10.6. The largest absolute Gasteiger partial charge is 0.349 e. The summed E-state index contributed by atoms with van der Waals surface area (Å²) in [4.78, 5) is 30.1. The highest BCUT2D eigenvalue weighted by atomic mass is 16.2. The number of carbonyl (C=O) groups excluding carboxylic acids is 2. The summed E-state index contributed by atoms with van der Waals surface area (Å²) in [6.45, 7) is 4.11. The SMILES string of the molecule is CC(C)n1ncc2c(C(=O)Nc3ccc(C(=O)NC4CC4)cc3)cc(C3CC3)nc21. The van der Waals surface area contributed by atoms with Crippen LogP contribution in [0.2, 0.25) is 0 Å². The maximum Gasteiger partial charge on any atom is 0.256 e. The van der Waals surface area contributed by atoms with Crippen LogP contribution in [0.25, 0.3) is 11.0 Å². The highest BCUT2D eigenvalue weighted by Crippen LogP contribution is 2.40. The van der Waals surface area contributed by atoms with Crippen molar-refractivity contribution in [3.63, 3.8) is 0 Å². The molecule has 0 saturated heterocycles. The number of hydrogen-bond acceptors (Lipinski definition) is 4. The Labute approximate surface area is 174 Å². The van der Waals surface area contributed by atoms with E-state index < -0.39 is 0 Å². The third-order valence-electron chi connectivity index (χ3n) is 5.63. The van der Waals surface area contributed by atoms with Gasteiger partial charge in [-0.25, -0.2) is 9.67 Å². The van der Waals surface area contributed by atoms with Crippen LogP contribution in [0, 0.1) is 0 Å². The van der Waals surface area contributed by atoms with Crippen molar-refractivity contribution < 1.29 is 9.59 Å². The summed E-state index contributed by atoms with van der Waals surface area (Å²) < 4.78 is 1.87. The third kappa shape index (κ3) is 3.67. The first-order valence-corrected chi connectivity index (χ1v) is 10.6. The van der Waals surface area contributed by atoms with Crippen molar-refractivity contribution in [2.24, 2.45) is 0 Å². The minimum absolute atomic E-state index is 0.0682. The summed E-state index contributed by atoms with van der Waals surface area (Å²) in [5.74, 6) is 0.171. The first kappa shape index (κ1) is 18.8. The normalized spacial score (nSPS) is 16.1. The van der Waals surface area contributed by atoms with Crippen molar-refractivity contribution in [2.45, 2.75) is 57.5 Å². The van der Waals surface area contributed by atoms with Crippen molar-refractivity contribution in [1.29, 1.82) is 0 Å². The molecular weight excluding hydrogens is 378 g/mol. The van der Waals surface area contributed by atoms with Crippen molar-refractivity contribution in [3.8, 4) is 0 Å². The fourth-order valence-electron chi connectivity index (χ4n) is 3.59. The molecule has 0 radical (unpaired) electrons. The molecule has 1 aromatic carbocycles. The molecule has 2 aromatic heterocycles. The number of carbonyl (C=O) groups is 2. The smallest absolute Gasteiger partial charge is 0.256 e. The van der Waals surface area contributed by atoms with E-state index in [-0.39, 0.29) is 17.9 Å². The van der Waals surface area contributed by atoms with Gasteiger partial charge in [0.2, 0.25) is 0 Å². The second kappa shape index (κ2) is 7.23. The van der Waals surface area contributed by atoms with Gasteiger partial charge < -0.3 is 10.6 Å². The zero-order chi connectivity index (χ0) is 20.8. The zero-order valence-corrected chi connectivity index (χ0v) is 17.2. The standard InChI is InChI=1S/C23H25N5O2/c1-13(2)28-21-19(12-24-28)18(11-20(27-21)14-3-4-14)23(30)26-16-7-5-15(6-8-16)22(29)25-17-9-10-17/h5-8,11-14,17H,3-4,9-10H2,1-2H3,(H,25,29)(H,26,30). The molecule has 2 aliphatic rings. The Hall–Kier alpha value is -3.22. The van der Waals surface area contributed by atoms with Crippen LogP contribution in [0.5, 0.6) is 0 Å². The number of nitrogens with zero attached hydrogens (tertiary/aromatic N) is 3. The van der Waals surface area contributed by atoms with E-state index in [1.54, 1.807) is 30.5 Å². The maximum atomic E-state index is 13.1. The monoisotopic (exact) mass is 403 g/mol.